The van der Waals surface area contributed by atoms with Crippen LogP contribution < -0.4 is 10.4 Å². The molecule has 1 aliphatic rings. The van der Waals surface area contributed by atoms with Crippen molar-refractivity contribution in [2.24, 2.45) is 0 Å². The van der Waals surface area contributed by atoms with Crippen molar-refractivity contribution in [1.82, 2.24) is 4.90 Å². The zero-order valence-electron chi connectivity index (χ0n) is 12.6. The third-order valence-electron chi connectivity index (χ3n) is 3.92. The van der Waals surface area contributed by atoms with Crippen LogP contribution in [0.4, 0.5) is 0 Å². The Morgan fingerprint density at radius 3 is 2.68 bits per heavy atom. The molecule has 1 amide bonds. The monoisotopic (exact) mass is 301 g/mol. The predicted molar refractivity (Wildman–Crippen MR) is 83.0 cm³/mol. The third-order valence-corrected chi connectivity index (χ3v) is 3.92. The number of carbonyl (C=O) groups is 1. The number of likely N-dealkylation sites (tertiary alicyclic amines) is 1. The van der Waals surface area contributed by atoms with E-state index in [9.17, 15) is 9.59 Å². The molecule has 5 nitrogen and oxygen atoms in total. The molecule has 1 fully saturated rings. The van der Waals surface area contributed by atoms with E-state index in [-0.39, 0.29) is 5.91 Å². The summed E-state index contributed by atoms with van der Waals surface area (Å²) in [6.45, 7) is 3.36. The van der Waals surface area contributed by atoms with Crippen LogP contribution in [0.15, 0.2) is 39.5 Å². The van der Waals surface area contributed by atoms with Gasteiger partial charge in [-0.15, -0.1) is 0 Å². The minimum absolute atomic E-state index is 0.00862. The fraction of sp³-hybridized carbons (Fsp3) is 0.412. The van der Waals surface area contributed by atoms with Gasteiger partial charge in [-0.25, -0.2) is 4.79 Å². The Balaban J connectivity index is 1.74. The van der Waals surface area contributed by atoms with Gasteiger partial charge in [0.25, 0.3) is 5.91 Å². The largest absolute Gasteiger partial charge is 0.481 e. The first kappa shape index (κ1) is 14.6. The third kappa shape index (κ3) is 3.13. The molecule has 0 spiro atoms. The van der Waals surface area contributed by atoms with Crippen molar-refractivity contribution in [2.75, 3.05) is 13.1 Å². The molecule has 1 aromatic carbocycles. The van der Waals surface area contributed by atoms with Gasteiger partial charge in [0.1, 0.15) is 11.3 Å². The van der Waals surface area contributed by atoms with Gasteiger partial charge in [-0.1, -0.05) is 0 Å². The number of piperidine rings is 1. The Bertz CT molecular complexity index is 731. The molecule has 1 atom stereocenters. The molecule has 0 N–H and O–H groups in total. The molecule has 5 heteroatoms. The van der Waals surface area contributed by atoms with Gasteiger partial charge in [0, 0.05) is 30.6 Å². The van der Waals surface area contributed by atoms with E-state index in [2.05, 4.69) is 0 Å². The quantitative estimate of drug-likeness (QED) is 0.818. The summed E-state index contributed by atoms with van der Waals surface area (Å²) in [5, 5.41) is 0.821. The minimum Gasteiger partial charge on any atom is -0.481 e. The molecule has 2 aromatic rings. The number of fused-ring (bicyclic) bond motifs is 1. The number of ether oxygens (including phenoxy) is 1. The summed E-state index contributed by atoms with van der Waals surface area (Å²) >= 11 is 0. The second-order valence-corrected chi connectivity index (χ2v) is 5.60. The number of nitrogens with zero attached hydrogens (tertiary/aromatic N) is 1. The first-order chi connectivity index (χ1) is 10.6. The second kappa shape index (κ2) is 6.22. The van der Waals surface area contributed by atoms with Crippen molar-refractivity contribution in [2.45, 2.75) is 32.3 Å². The highest BCUT2D eigenvalue weighted by Gasteiger charge is 2.23. The van der Waals surface area contributed by atoms with Crippen LogP contribution in [0.25, 0.3) is 11.0 Å². The highest BCUT2D eigenvalue weighted by atomic mass is 16.5. The standard InChI is InChI=1S/C17H19NO4/c1-12(17(20)18-9-3-2-4-10-18)21-14-7-5-13-6-8-16(19)22-15(13)11-14/h5-8,11-12H,2-4,9-10H2,1H3/t12-/m0/s1. The Morgan fingerprint density at radius 1 is 1.18 bits per heavy atom. The van der Waals surface area contributed by atoms with Gasteiger partial charge in [0.2, 0.25) is 0 Å². The van der Waals surface area contributed by atoms with E-state index in [1.165, 1.54) is 12.5 Å². The van der Waals surface area contributed by atoms with Crippen molar-refractivity contribution >= 4 is 16.9 Å². The normalized spacial score (nSPS) is 16.5. The van der Waals surface area contributed by atoms with Crippen LogP contribution in [0.1, 0.15) is 26.2 Å². The number of carbonyl (C=O) groups excluding carboxylic acids is 1. The van der Waals surface area contributed by atoms with Crippen LogP contribution in [-0.2, 0) is 4.79 Å². The van der Waals surface area contributed by atoms with Gasteiger partial charge in [-0.3, -0.25) is 4.79 Å². The zero-order valence-corrected chi connectivity index (χ0v) is 12.6. The average molecular weight is 301 g/mol. The van der Waals surface area contributed by atoms with E-state index in [0.29, 0.717) is 11.3 Å². The Morgan fingerprint density at radius 2 is 1.91 bits per heavy atom. The van der Waals surface area contributed by atoms with E-state index >= 15 is 0 Å². The van der Waals surface area contributed by atoms with Gasteiger partial charge >= 0.3 is 5.63 Å². The van der Waals surface area contributed by atoms with Crippen molar-refractivity contribution in [3.8, 4) is 5.75 Å². The summed E-state index contributed by atoms with van der Waals surface area (Å²) in [5.41, 5.74) is 0.0599. The van der Waals surface area contributed by atoms with Crippen LogP contribution in [0.5, 0.6) is 5.75 Å². The van der Waals surface area contributed by atoms with Crippen LogP contribution in [0.3, 0.4) is 0 Å². The maximum atomic E-state index is 12.3. The average Bonchev–Trinajstić information content (AvgIpc) is 2.54. The van der Waals surface area contributed by atoms with E-state index in [4.69, 9.17) is 9.15 Å². The SMILES string of the molecule is C[C@H](Oc1ccc2ccc(=O)oc2c1)C(=O)N1CCCCC1. The molecule has 0 radical (unpaired) electrons. The minimum atomic E-state index is -0.550. The molecule has 1 aliphatic heterocycles. The lowest BCUT2D eigenvalue weighted by Crippen LogP contribution is -2.43. The van der Waals surface area contributed by atoms with Gasteiger partial charge in [-0.05, 0) is 44.4 Å². The van der Waals surface area contributed by atoms with Crippen molar-refractivity contribution in [1.29, 1.82) is 0 Å². The van der Waals surface area contributed by atoms with Crippen molar-refractivity contribution < 1.29 is 13.9 Å². The van der Waals surface area contributed by atoms with E-state index in [1.54, 1.807) is 25.1 Å². The number of amides is 1. The van der Waals surface area contributed by atoms with Crippen LogP contribution in [0.2, 0.25) is 0 Å². The summed E-state index contributed by atoms with van der Waals surface area (Å²) in [7, 11) is 0. The fourth-order valence-corrected chi connectivity index (χ4v) is 2.74. The first-order valence-corrected chi connectivity index (χ1v) is 7.63. The summed E-state index contributed by atoms with van der Waals surface area (Å²) in [6.07, 6.45) is 2.74. The number of benzene rings is 1. The molecular formula is C17H19NO4. The highest BCUT2D eigenvalue weighted by Crippen LogP contribution is 2.21. The topological polar surface area (TPSA) is 59.8 Å². The van der Waals surface area contributed by atoms with Crippen LogP contribution >= 0.6 is 0 Å². The first-order valence-electron chi connectivity index (χ1n) is 7.63. The molecule has 0 saturated carbocycles. The van der Waals surface area contributed by atoms with Gasteiger partial charge in [0.05, 0.1) is 0 Å². The molecule has 0 bridgehead atoms. The van der Waals surface area contributed by atoms with Gasteiger partial charge in [0.15, 0.2) is 6.10 Å². The lowest BCUT2D eigenvalue weighted by atomic mass is 10.1. The van der Waals surface area contributed by atoms with E-state index in [0.717, 1.165) is 31.3 Å². The summed E-state index contributed by atoms with van der Waals surface area (Å²) in [6, 6.07) is 8.32. The molecule has 3 rings (SSSR count). The summed E-state index contributed by atoms with van der Waals surface area (Å²) in [4.78, 5) is 25.5. The molecule has 2 heterocycles. The highest BCUT2D eigenvalue weighted by molar-refractivity contribution is 5.81. The molecule has 0 unspecified atom stereocenters. The lowest BCUT2D eigenvalue weighted by molar-refractivity contribution is -0.138. The summed E-state index contributed by atoms with van der Waals surface area (Å²) in [5.74, 6) is 0.536. The zero-order chi connectivity index (χ0) is 15.5. The molecule has 116 valence electrons. The molecular weight excluding hydrogens is 282 g/mol. The van der Waals surface area contributed by atoms with E-state index < -0.39 is 11.7 Å². The second-order valence-electron chi connectivity index (χ2n) is 5.60. The van der Waals surface area contributed by atoms with Gasteiger partial charge in [-0.2, -0.15) is 0 Å². The Kier molecular flexibility index (Phi) is 4.13. The molecule has 1 saturated heterocycles. The van der Waals surface area contributed by atoms with Gasteiger partial charge < -0.3 is 14.1 Å². The van der Waals surface area contributed by atoms with Crippen LogP contribution in [-0.4, -0.2) is 30.0 Å². The van der Waals surface area contributed by atoms with Crippen LogP contribution in [0, 0.1) is 0 Å². The molecule has 1 aromatic heterocycles. The Hall–Kier alpha value is -2.30. The van der Waals surface area contributed by atoms with Crippen molar-refractivity contribution in [3.63, 3.8) is 0 Å². The van der Waals surface area contributed by atoms with E-state index in [1.807, 2.05) is 11.0 Å². The number of hydrogen-bond donors (Lipinski definition) is 0. The summed E-state index contributed by atoms with van der Waals surface area (Å²) < 4.78 is 10.9. The fourth-order valence-electron chi connectivity index (χ4n) is 2.74. The smallest absolute Gasteiger partial charge is 0.336 e. The molecule has 22 heavy (non-hydrogen) atoms. The maximum absolute atomic E-state index is 12.3. The molecule has 0 aliphatic carbocycles. The number of hydrogen-bond acceptors (Lipinski definition) is 4. The lowest BCUT2D eigenvalue weighted by Gasteiger charge is -2.29. The maximum Gasteiger partial charge on any atom is 0.336 e. The van der Waals surface area contributed by atoms with Crippen molar-refractivity contribution in [3.05, 3.63) is 40.8 Å². The Labute approximate surface area is 128 Å². The number of rotatable bonds is 3. The predicted octanol–water partition coefficient (Wildman–Crippen LogP) is 2.57.